The summed E-state index contributed by atoms with van der Waals surface area (Å²) in [4.78, 5) is 4.19. The molecule has 0 fully saturated rings. The minimum atomic E-state index is 0.258. The van der Waals surface area contributed by atoms with Crippen molar-refractivity contribution in [3.05, 3.63) is 77.9 Å². The summed E-state index contributed by atoms with van der Waals surface area (Å²) in [6.07, 6.45) is 0.409. The van der Waals surface area contributed by atoms with Crippen molar-refractivity contribution in [2.45, 2.75) is 13.0 Å². The number of nitrogens with zero attached hydrogens (tertiary/aromatic N) is 4. The van der Waals surface area contributed by atoms with Crippen molar-refractivity contribution in [3.63, 3.8) is 0 Å². The number of hydrogen-bond donors (Lipinski definition) is 1. The first-order valence-corrected chi connectivity index (χ1v) is 8.52. The second-order valence-electron chi connectivity index (χ2n) is 6.12. The van der Waals surface area contributed by atoms with Gasteiger partial charge in [0.25, 0.3) is 0 Å². The highest BCUT2D eigenvalue weighted by Gasteiger charge is 2.07. The fourth-order valence-electron chi connectivity index (χ4n) is 2.87. The zero-order chi connectivity index (χ0) is 18.6. The van der Waals surface area contributed by atoms with Gasteiger partial charge in [0.1, 0.15) is 12.4 Å². The van der Waals surface area contributed by atoms with Crippen molar-refractivity contribution < 1.29 is 4.74 Å². The predicted octanol–water partition coefficient (Wildman–Crippen LogP) is 3.62. The van der Waals surface area contributed by atoms with Gasteiger partial charge in [-0.3, -0.25) is 0 Å². The van der Waals surface area contributed by atoms with Gasteiger partial charge >= 0.3 is 0 Å². The van der Waals surface area contributed by atoms with Crippen LogP contribution in [0.15, 0.2) is 66.7 Å². The smallest absolute Gasteiger partial charge is 0.240 e. The van der Waals surface area contributed by atoms with E-state index in [0.29, 0.717) is 13.0 Å². The van der Waals surface area contributed by atoms with E-state index in [1.165, 1.54) is 0 Å². The van der Waals surface area contributed by atoms with Gasteiger partial charge in [-0.15, -0.1) is 5.10 Å². The van der Waals surface area contributed by atoms with Crippen LogP contribution >= 0.6 is 0 Å². The van der Waals surface area contributed by atoms with Crippen molar-refractivity contribution >= 4 is 11.6 Å². The lowest BCUT2D eigenvalue weighted by molar-refractivity contribution is 0.306. The number of hydrogen-bond acceptors (Lipinski definition) is 5. The van der Waals surface area contributed by atoms with Crippen LogP contribution < -0.4 is 10.5 Å². The first-order chi connectivity index (χ1) is 13.2. The van der Waals surface area contributed by atoms with Crippen LogP contribution in [-0.4, -0.2) is 14.6 Å². The number of nitrogens with two attached hydrogens (primary N) is 1. The van der Waals surface area contributed by atoms with Crippen LogP contribution in [0.4, 0.5) is 5.95 Å². The molecule has 0 amide bonds. The largest absolute Gasteiger partial charge is 0.489 e. The van der Waals surface area contributed by atoms with E-state index in [-0.39, 0.29) is 5.95 Å². The lowest BCUT2D eigenvalue weighted by atomic mass is 10.1. The molecular weight excluding hydrogens is 338 g/mol. The third-order valence-corrected chi connectivity index (χ3v) is 4.24. The Hall–Kier alpha value is -3.85. The van der Waals surface area contributed by atoms with Gasteiger partial charge in [-0.25, -0.2) is 4.52 Å². The van der Waals surface area contributed by atoms with Gasteiger partial charge in [0.05, 0.1) is 18.2 Å². The van der Waals surface area contributed by atoms with E-state index in [1.807, 2.05) is 66.7 Å². The highest BCUT2D eigenvalue weighted by molar-refractivity contribution is 5.63. The number of nitrogen functional groups attached to an aromatic ring is 1. The van der Waals surface area contributed by atoms with Crippen LogP contribution in [0, 0.1) is 11.3 Å². The SMILES string of the molecule is N#CCc1ccc(OCc2ccc(-c3cccc4nc(N)nn34)cc2)cc1. The highest BCUT2D eigenvalue weighted by atomic mass is 16.5. The Morgan fingerprint density at radius 3 is 2.44 bits per heavy atom. The number of rotatable bonds is 5. The van der Waals surface area contributed by atoms with Crippen LogP contribution in [0.5, 0.6) is 5.75 Å². The van der Waals surface area contributed by atoms with Crippen molar-refractivity contribution in [2.24, 2.45) is 0 Å². The first-order valence-electron chi connectivity index (χ1n) is 8.52. The highest BCUT2D eigenvalue weighted by Crippen LogP contribution is 2.22. The molecule has 0 aliphatic heterocycles. The summed E-state index contributed by atoms with van der Waals surface area (Å²) in [6, 6.07) is 23.6. The number of benzene rings is 2. The normalized spacial score (nSPS) is 10.6. The second kappa shape index (κ2) is 7.18. The molecule has 0 aliphatic carbocycles. The third kappa shape index (κ3) is 3.58. The summed E-state index contributed by atoms with van der Waals surface area (Å²) in [5.74, 6) is 1.04. The molecule has 2 heterocycles. The fraction of sp³-hybridized carbons (Fsp3) is 0.0952. The molecule has 0 saturated carbocycles. The molecule has 0 bridgehead atoms. The average Bonchev–Trinajstić information content (AvgIpc) is 3.08. The number of ether oxygens (including phenoxy) is 1. The number of aromatic nitrogens is 3. The summed E-state index contributed by atoms with van der Waals surface area (Å²) in [5, 5.41) is 13.0. The van der Waals surface area contributed by atoms with E-state index < -0.39 is 0 Å². The number of nitriles is 1. The van der Waals surface area contributed by atoms with Gasteiger partial charge in [0, 0.05) is 5.56 Å². The summed E-state index contributed by atoms with van der Waals surface area (Å²) in [6.45, 7) is 0.471. The molecule has 2 aromatic heterocycles. The fourth-order valence-corrected chi connectivity index (χ4v) is 2.87. The molecule has 0 atom stereocenters. The molecule has 6 heteroatoms. The van der Waals surface area contributed by atoms with Crippen LogP contribution in [0.3, 0.4) is 0 Å². The Morgan fingerprint density at radius 1 is 0.963 bits per heavy atom. The molecule has 0 unspecified atom stereocenters. The number of pyridine rings is 1. The van der Waals surface area contributed by atoms with E-state index in [9.17, 15) is 0 Å². The Labute approximate surface area is 156 Å². The predicted molar refractivity (Wildman–Crippen MR) is 103 cm³/mol. The minimum Gasteiger partial charge on any atom is -0.489 e. The lowest BCUT2D eigenvalue weighted by Gasteiger charge is -2.08. The van der Waals surface area contributed by atoms with E-state index in [0.717, 1.165) is 33.8 Å². The molecular formula is C21H17N5O. The van der Waals surface area contributed by atoms with Gasteiger partial charge in [0.15, 0.2) is 5.65 Å². The van der Waals surface area contributed by atoms with Crippen molar-refractivity contribution in [1.29, 1.82) is 5.26 Å². The number of anilines is 1. The molecule has 132 valence electrons. The Bertz CT molecular complexity index is 1110. The van der Waals surface area contributed by atoms with Crippen LogP contribution in [0.1, 0.15) is 11.1 Å². The summed E-state index contributed by atoms with van der Waals surface area (Å²) in [7, 11) is 0. The molecule has 4 rings (SSSR count). The lowest BCUT2D eigenvalue weighted by Crippen LogP contribution is -1.97. The van der Waals surface area contributed by atoms with Crippen LogP contribution in [0.2, 0.25) is 0 Å². The number of fused-ring (bicyclic) bond motifs is 1. The third-order valence-electron chi connectivity index (χ3n) is 4.24. The summed E-state index contributed by atoms with van der Waals surface area (Å²) < 4.78 is 7.56. The molecule has 2 N–H and O–H groups in total. The second-order valence-corrected chi connectivity index (χ2v) is 6.12. The molecule has 0 radical (unpaired) electrons. The topological polar surface area (TPSA) is 89.2 Å². The molecule has 27 heavy (non-hydrogen) atoms. The molecule has 2 aromatic carbocycles. The molecule has 0 saturated heterocycles. The maximum absolute atomic E-state index is 8.71. The Balaban J connectivity index is 1.48. The van der Waals surface area contributed by atoms with E-state index >= 15 is 0 Å². The average molecular weight is 355 g/mol. The standard InChI is InChI=1S/C21H17N5O/c22-13-12-15-6-10-18(11-7-15)27-14-16-4-8-17(9-5-16)19-2-1-3-20-24-21(23)25-26(19)20/h1-11H,12,14H2,(H2,23,25). The molecule has 6 nitrogen and oxygen atoms in total. The van der Waals surface area contributed by atoms with Crippen molar-refractivity contribution in [3.8, 4) is 23.1 Å². The van der Waals surface area contributed by atoms with Crippen LogP contribution in [0.25, 0.3) is 16.9 Å². The maximum atomic E-state index is 8.71. The zero-order valence-electron chi connectivity index (χ0n) is 14.5. The molecule has 0 spiro atoms. The molecule has 0 aliphatic rings. The van der Waals surface area contributed by atoms with Gasteiger partial charge < -0.3 is 10.5 Å². The van der Waals surface area contributed by atoms with Crippen LogP contribution in [-0.2, 0) is 13.0 Å². The zero-order valence-corrected chi connectivity index (χ0v) is 14.5. The van der Waals surface area contributed by atoms with Gasteiger partial charge in [0.2, 0.25) is 5.95 Å². The first kappa shape index (κ1) is 16.6. The van der Waals surface area contributed by atoms with E-state index in [4.69, 9.17) is 15.7 Å². The Kier molecular flexibility index (Phi) is 4.42. The van der Waals surface area contributed by atoms with Crippen molar-refractivity contribution in [1.82, 2.24) is 14.6 Å². The van der Waals surface area contributed by atoms with Crippen molar-refractivity contribution in [2.75, 3.05) is 5.73 Å². The molecule has 4 aromatic rings. The quantitative estimate of drug-likeness (QED) is 0.590. The summed E-state index contributed by atoms with van der Waals surface area (Å²) >= 11 is 0. The van der Waals surface area contributed by atoms with Gasteiger partial charge in [-0.1, -0.05) is 42.5 Å². The van der Waals surface area contributed by atoms with E-state index in [2.05, 4.69) is 16.2 Å². The maximum Gasteiger partial charge on any atom is 0.240 e. The van der Waals surface area contributed by atoms with E-state index in [1.54, 1.807) is 4.52 Å². The summed E-state index contributed by atoms with van der Waals surface area (Å²) in [5.41, 5.74) is 10.4. The monoisotopic (exact) mass is 355 g/mol. The minimum absolute atomic E-state index is 0.258. The Morgan fingerprint density at radius 2 is 1.70 bits per heavy atom. The van der Waals surface area contributed by atoms with Gasteiger partial charge in [-0.2, -0.15) is 10.2 Å². The van der Waals surface area contributed by atoms with Gasteiger partial charge in [-0.05, 0) is 35.4 Å².